The van der Waals surface area contributed by atoms with Gasteiger partial charge in [-0.15, -0.1) is 0 Å². The van der Waals surface area contributed by atoms with Gasteiger partial charge in [-0.3, -0.25) is 0 Å². The van der Waals surface area contributed by atoms with E-state index in [1.807, 2.05) is 0 Å². The first-order valence-corrected chi connectivity index (χ1v) is 4.40. The number of hydrogen-bond donors (Lipinski definition) is 1. The molecule has 2 unspecified atom stereocenters. The second kappa shape index (κ2) is 4.14. The van der Waals surface area contributed by atoms with Crippen molar-refractivity contribution < 1.29 is 18.3 Å². The Morgan fingerprint density at radius 2 is 1.93 bits per heavy atom. The van der Waals surface area contributed by atoms with Gasteiger partial charge in [0.1, 0.15) is 11.5 Å². The first-order valence-electron chi connectivity index (χ1n) is 4.40. The van der Waals surface area contributed by atoms with Crippen molar-refractivity contribution in [3.8, 4) is 0 Å². The van der Waals surface area contributed by atoms with Crippen molar-refractivity contribution >= 4 is 0 Å². The Kier molecular flexibility index (Phi) is 3.28. The van der Waals surface area contributed by atoms with Crippen LogP contribution in [0.2, 0.25) is 0 Å². The molecule has 0 aliphatic carbocycles. The Bertz CT molecular complexity index is 338. The monoisotopic (exact) mass is 220 g/mol. The summed E-state index contributed by atoms with van der Waals surface area (Å²) >= 11 is 0. The molecule has 1 N–H and O–H groups in total. The number of aromatic nitrogens is 2. The Labute approximate surface area is 85.0 Å². The molecule has 0 saturated carbocycles. The lowest BCUT2D eigenvalue weighted by molar-refractivity contribution is -0.141. The van der Waals surface area contributed by atoms with Crippen LogP contribution in [0.5, 0.6) is 0 Å². The van der Waals surface area contributed by atoms with E-state index in [9.17, 15) is 18.3 Å². The summed E-state index contributed by atoms with van der Waals surface area (Å²) in [6, 6.07) is 0.804. The third-order valence-corrected chi connectivity index (χ3v) is 2.10. The van der Waals surface area contributed by atoms with Crippen LogP contribution in [-0.2, 0) is 6.18 Å². The summed E-state index contributed by atoms with van der Waals surface area (Å²) in [6.07, 6.45) is -4.21. The largest absolute Gasteiger partial charge is 0.433 e. The lowest BCUT2D eigenvalue weighted by Crippen LogP contribution is -2.17. The molecule has 0 fully saturated rings. The maximum Gasteiger partial charge on any atom is 0.433 e. The van der Waals surface area contributed by atoms with Crippen LogP contribution in [0.15, 0.2) is 12.3 Å². The molecule has 0 bridgehead atoms. The zero-order valence-corrected chi connectivity index (χ0v) is 8.28. The number of hydrogen-bond acceptors (Lipinski definition) is 3. The molecule has 0 amide bonds. The number of aliphatic hydroxyl groups excluding tert-OH is 1. The van der Waals surface area contributed by atoms with E-state index >= 15 is 0 Å². The molecule has 0 radical (unpaired) electrons. The van der Waals surface area contributed by atoms with Gasteiger partial charge in [0.05, 0.1) is 6.10 Å². The fraction of sp³-hybridized carbons (Fsp3) is 0.556. The van der Waals surface area contributed by atoms with Gasteiger partial charge in [-0.2, -0.15) is 13.2 Å². The SMILES string of the molecule is CC(O)C(C)c1nccc(C(F)(F)F)n1. The van der Waals surface area contributed by atoms with Gasteiger partial charge >= 0.3 is 6.18 Å². The van der Waals surface area contributed by atoms with Gasteiger partial charge in [-0.1, -0.05) is 6.92 Å². The Morgan fingerprint density at radius 3 is 2.40 bits per heavy atom. The number of aliphatic hydroxyl groups is 1. The maximum atomic E-state index is 12.3. The number of nitrogens with zero attached hydrogens (tertiary/aromatic N) is 2. The zero-order valence-electron chi connectivity index (χ0n) is 8.28. The molecule has 0 aliphatic heterocycles. The summed E-state index contributed by atoms with van der Waals surface area (Å²) in [7, 11) is 0. The highest BCUT2D eigenvalue weighted by atomic mass is 19.4. The van der Waals surface area contributed by atoms with E-state index < -0.39 is 23.9 Å². The first kappa shape index (κ1) is 11.9. The van der Waals surface area contributed by atoms with Crippen LogP contribution in [0.4, 0.5) is 13.2 Å². The van der Waals surface area contributed by atoms with Crippen LogP contribution in [0.1, 0.15) is 31.3 Å². The fourth-order valence-electron chi connectivity index (χ4n) is 0.967. The molecule has 0 spiro atoms. The maximum absolute atomic E-state index is 12.3. The third-order valence-electron chi connectivity index (χ3n) is 2.10. The van der Waals surface area contributed by atoms with Gasteiger partial charge in [-0.25, -0.2) is 9.97 Å². The molecular weight excluding hydrogens is 209 g/mol. The normalized spacial score (nSPS) is 16.1. The van der Waals surface area contributed by atoms with Gasteiger partial charge in [-0.05, 0) is 13.0 Å². The summed E-state index contributed by atoms with van der Waals surface area (Å²) in [5.74, 6) is -0.521. The number of alkyl halides is 3. The number of halogens is 3. The van der Waals surface area contributed by atoms with Crippen LogP contribution < -0.4 is 0 Å². The highest BCUT2D eigenvalue weighted by Gasteiger charge is 2.33. The van der Waals surface area contributed by atoms with Gasteiger partial charge in [0.15, 0.2) is 0 Å². The zero-order chi connectivity index (χ0) is 11.6. The van der Waals surface area contributed by atoms with Gasteiger partial charge < -0.3 is 5.11 Å². The Hall–Kier alpha value is -1.17. The quantitative estimate of drug-likeness (QED) is 0.828. The summed E-state index contributed by atoms with van der Waals surface area (Å²) in [4.78, 5) is 7.07. The van der Waals surface area contributed by atoms with Crippen molar-refractivity contribution in [1.82, 2.24) is 9.97 Å². The van der Waals surface area contributed by atoms with E-state index in [0.717, 1.165) is 12.3 Å². The smallest absolute Gasteiger partial charge is 0.393 e. The minimum Gasteiger partial charge on any atom is -0.393 e. The molecule has 2 atom stereocenters. The summed E-state index contributed by atoms with van der Waals surface area (Å²) in [5, 5.41) is 9.21. The van der Waals surface area contributed by atoms with E-state index in [0.29, 0.717) is 0 Å². The highest BCUT2D eigenvalue weighted by Crippen LogP contribution is 2.28. The molecule has 3 nitrogen and oxygen atoms in total. The Balaban J connectivity index is 3.03. The lowest BCUT2D eigenvalue weighted by atomic mass is 10.1. The van der Waals surface area contributed by atoms with Crippen molar-refractivity contribution in [1.29, 1.82) is 0 Å². The van der Waals surface area contributed by atoms with Crippen molar-refractivity contribution in [2.24, 2.45) is 0 Å². The number of rotatable bonds is 2. The fourth-order valence-corrected chi connectivity index (χ4v) is 0.967. The second-order valence-corrected chi connectivity index (χ2v) is 3.33. The summed E-state index contributed by atoms with van der Waals surface area (Å²) in [5.41, 5.74) is -0.986. The standard InChI is InChI=1S/C9H11F3N2O/c1-5(6(2)15)8-13-4-3-7(14-8)9(10,11)12/h3-6,15H,1-2H3. The van der Waals surface area contributed by atoms with Gasteiger partial charge in [0.2, 0.25) is 0 Å². The van der Waals surface area contributed by atoms with Crippen LogP contribution >= 0.6 is 0 Å². The third kappa shape index (κ3) is 2.89. The molecule has 1 aromatic rings. The van der Waals surface area contributed by atoms with Crippen LogP contribution in [0.25, 0.3) is 0 Å². The Morgan fingerprint density at radius 1 is 1.33 bits per heavy atom. The molecule has 0 aromatic carbocycles. The minimum absolute atomic E-state index is 0.000162. The molecule has 0 saturated heterocycles. The lowest BCUT2D eigenvalue weighted by Gasteiger charge is -2.14. The molecule has 1 rings (SSSR count). The van der Waals surface area contributed by atoms with E-state index in [-0.39, 0.29) is 5.82 Å². The second-order valence-electron chi connectivity index (χ2n) is 3.33. The van der Waals surface area contributed by atoms with Gasteiger partial charge in [0, 0.05) is 12.1 Å². The van der Waals surface area contributed by atoms with Gasteiger partial charge in [0.25, 0.3) is 0 Å². The van der Waals surface area contributed by atoms with E-state index in [2.05, 4.69) is 9.97 Å². The van der Waals surface area contributed by atoms with Crippen LogP contribution in [0, 0.1) is 0 Å². The van der Waals surface area contributed by atoms with Crippen molar-refractivity contribution in [3.63, 3.8) is 0 Å². The average molecular weight is 220 g/mol. The summed E-state index contributed by atoms with van der Waals surface area (Å²) in [6.45, 7) is 3.05. The predicted molar refractivity (Wildman–Crippen MR) is 47.1 cm³/mol. The molecular formula is C9H11F3N2O. The topological polar surface area (TPSA) is 46.0 Å². The molecule has 1 heterocycles. The van der Waals surface area contributed by atoms with Crippen LogP contribution in [0.3, 0.4) is 0 Å². The van der Waals surface area contributed by atoms with E-state index in [4.69, 9.17) is 0 Å². The van der Waals surface area contributed by atoms with Crippen molar-refractivity contribution in [2.75, 3.05) is 0 Å². The minimum atomic E-state index is -4.48. The molecule has 1 aromatic heterocycles. The molecule has 84 valence electrons. The van der Waals surface area contributed by atoms with Crippen molar-refractivity contribution in [3.05, 3.63) is 23.8 Å². The van der Waals surface area contributed by atoms with Crippen LogP contribution in [-0.4, -0.2) is 21.2 Å². The predicted octanol–water partition coefficient (Wildman–Crippen LogP) is 1.98. The molecule has 15 heavy (non-hydrogen) atoms. The van der Waals surface area contributed by atoms with Crippen molar-refractivity contribution in [2.45, 2.75) is 32.0 Å². The summed E-state index contributed by atoms with van der Waals surface area (Å²) < 4.78 is 36.8. The van der Waals surface area contributed by atoms with E-state index in [1.54, 1.807) is 6.92 Å². The highest BCUT2D eigenvalue weighted by molar-refractivity contribution is 5.08. The molecule has 6 heteroatoms. The molecule has 0 aliphatic rings. The van der Waals surface area contributed by atoms with E-state index in [1.165, 1.54) is 6.92 Å². The first-order chi connectivity index (χ1) is 6.82. The average Bonchev–Trinajstić information content (AvgIpc) is 2.15.